The highest BCUT2D eigenvalue weighted by Crippen LogP contribution is 2.30. The molecule has 0 radical (unpaired) electrons. The molecule has 5 nitrogen and oxygen atoms in total. The SMILES string of the molecule is CC(NC(=O)COCC1CC1)(C(=O)O)c1ccc(Cl)c(Cl)c1. The molecule has 1 aromatic carbocycles. The summed E-state index contributed by atoms with van der Waals surface area (Å²) in [6.07, 6.45) is 2.25. The lowest BCUT2D eigenvalue weighted by atomic mass is 9.92. The molecule has 1 aromatic rings. The average Bonchev–Trinajstić information content (AvgIpc) is 3.25. The van der Waals surface area contributed by atoms with Crippen LogP contribution in [0.1, 0.15) is 25.3 Å². The molecule has 0 saturated heterocycles. The zero-order valence-corrected chi connectivity index (χ0v) is 13.6. The number of benzene rings is 1. The van der Waals surface area contributed by atoms with E-state index in [0.29, 0.717) is 23.1 Å². The largest absolute Gasteiger partial charge is 0.479 e. The minimum Gasteiger partial charge on any atom is -0.479 e. The third-order valence-electron chi connectivity index (χ3n) is 3.60. The van der Waals surface area contributed by atoms with Crippen LogP contribution in [0, 0.1) is 5.92 Å². The first kappa shape index (κ1) is 17.1. The van der Waals surface area contributed by atoms with Gasteiger partial charge >= 0.3 is 5.97 Å². The number of halogens is 2. The van der Waals surface area contributed by atoms with Gasteiger partial charge in [0.2, 0.25) is 5.91 Å². The zero-order valence-electron chi connectivity index (χ0n) is 12.1. The van der Waals surface area contributed by atoms with Gasteiger partial charge in [0.25, 0.3) is 0 Å². The molecular weight excluding hydrogens is 329 g/mol. The molecule has 0 spiro atoms. The Morgan fingerprint density at radius 2 is 2.05 bits per heavy atom. The predicted octanol–water partition coefficient (Wildman–Crippen LogP) is 2.84. The molecule has 1 unspecified atom stereocenters. The molecule has 22 heavy (non-hydrogen) atoms. The van der Waals surface area contributed by atoms with Crippen LogP contribution < -0.4 is 5.32 Å². The number of carboxylic acid groups (broad SMARTS) is 1. The van der Waals surface area contributed by atoms with Crippen molar-refractivity contribution in [3.05, 3.63) is 33.8 Å². The van der Waals surface area contributed by atoms with Gasteiger partial charge in [0.1, 0.15) is 6.61 Å². The Morgan fingerprint density at radius 3 is 2.59 bits per heavy atom. The molecule has 0 heterocycles. The van der Waals surface area contributed by atoms with E-state index in [1.807, 2.05) is 0 Å². The number of aliphatic carboxylic acids is 1. The van der Waals surface area contributed by atoms with Crippen LogP contribution in [0.3, 0.4) is 0 Å². The number of carbonyl (C=O) groups is 2. The molecule has 1 saturated carbocycles. The van der Waals surface area contributed by atoms with Crippen molar-refractivity contribution in [3.8, 4) is 0 Å². The minimum atomic E-state index is -1.60. The molecule has 1 atom stereocenters. The second-order valence-corrected chi connectivity index (χ2v) is 6.38. The van der Waals surface area contributed by atoms with E-state index in [4.69, 9.17) is 27.9 Å². The predicted molar refractivity (Wildman–Crippen MR) is 83.1 cm³/mol. The Morgan fingerprint density at radius 1 is 1.36 bits per heavy atom. The van der Waals surface area contributed by atoms with Gasteiger partial charge < -0.3 is 15.2 Å². The van der Waals surface area contributed by atoms with Gasteiger partial charge in [0, 0.05) is 0 Å². The van der Waals surface area contributed by atoms with Crippen molar-refractivity contribution in [3.63, 3.8) is 0 Å². The van der Waals surface area contributed by atoms with Crippen LogP contribution in [0.4, 0.5) is 0 Å². The fourth-order valence-corrected chi connectivity index (χ4v) is 2.27. The Bertz CT molecular complexity index is 589. The molecule has 2 rings (SSSR count). The first-order chi connectivity index (χ1) is 10.3. The maximum Gasteiger partial charge on any atom is 0.333 e. The quantitative estimate of drug-likeness (QED) is 0.796. The van der Waals surface area contributed by atoms with E-state index < -0.39 is 17.4 Å². The number of rotatable bonds is 7. The van der Waals surface area contributed by atoms with E-state index in [1.54, 1.807) is 0 Å². The molecule has 1 aliphatic rings. The summed E-state index contributed by atoms with van der Waals surface area (Å²) in [7, 11) is 0. The van der Waals surface area contributed by atoms with Crippen molar-refractivity contribution in [2.75, 3.05) is 13.2 Å². The van der Waals surface area contributed by atoms with Gasteiger partial charge in [-0.25, -0.2) is 4.79 Å². The van der Waals surface area contributed by atoms with Crippen molar-refractivity contribution >= 4 is 35.1 Å². The second-order valence-electron chi connectivity index (χ2n) is 5.57. The summed E-state index contributed by atoms with van der Waals surface area (Å²) in [5.41, 5.74) is -1.27. The van der Waals surface area contributed by atoms with Crippen LogP contribution >= 0.6 is 23.2 Å². The lowest BCUT2D eigenvalue weighted by Gasteiger charge is -2.27. The Balaban J connectivity index is 2.07. The lowest BCUT2D eigenvalue weighted by Crippen LogP contribution is -2.50. The summed E-state index contributed by atoms with van der Waals surface area (Å²) in [6.45, 7) is 1.76. The maximum atomic E-state index is 11.9. The summed E-state index contributed by atoms with van der Waals surface area (Å²) in [4.78, 5) is 23.5. The standard InChI is InChI=1S/C15H17Cl2NO4/c1-15(14(20)21,10-4-5-11(16)12(17)6-10)18-13(19)8-22-7-9-2-3-9/h4-6,9H,2-3,7-8H2,1H3,(H,18,19)(H,20,21). The number of hydrogen-bond acceptors (Lipinski definition) is 3. The van der Waals surface area contributed by atoms with Crippen LogP contribution in [0.15, 0.2) is 18.2 Å². The van der Waals surface area contributed by atoms with Crippen LogP contribution in [-0.2, 0) is 19.9 Å². The number of nitrogens with one attached hydrogen (secondary N) is 1. The van der Waals surface area contributed by atoms with Crippen molar-refractivity contribution in [1.82, 2.24) is 5.32 Å². The van der Waals surface area contributed by atoms with Crippen LogP contribution in [0.25, 0.3) is 0 Å². The second kappa shape index (κ2) is 6.86. The number of amides is 1. The molecule has 1 fully saturated rings. The van der Waals surface area contributed by atoms with E-state index in [0.717, 1.165) is 12.8 Å². The lowest BCUT2D eigenvalue weighted by molar-refractivity contribution is -0.148. The van der Waals surface area contributed by atoms with Gasteiger partial charge in [-0.2, -0.15) is 0 Å². The summed E-state index contributed by atoms with van der Waals surface area (Å²) in [5, 5.41) is 12.5. The first-order valence-corrected chi connectivity index (χ1v) is 7.66. The molecule has 0 aliphatic heterocycles. The smallest absolute Gasteiger partial charge is 0.333 e. The summed E-state index contributed by atoms with van der Waals surface area (Å²) >= 11 is 11.8. The maximum absolute atomic E-state index is 11.9. The highest BCUT2D eigenvalue weighted by Gasteiger charge is 2.37. The number of hydrogen-bond donors (Lipinski definition) is 2. The molecule has 2 N–H and O–H groups in total. The number of ether oxygens (including phenoxy) is 1. The number of carboxylic acids is 1. The third kappa shape index (κ3) is 4.12. The summed E-state index contributed by atoms with van der Waals surface area (Å²) in [6, 6.07) is 4.45. The van der Waals surface area contributed by atoms with Gasteiger partial charge in [-0.05, 0) is 43.4 Å². The summed E-state index contributed by atoms with van der Waals surface area (Å²) < 4.78 is 5.27. The average molecular weight is 346 g/mol. The van der Waals surface area contributed by atoms with E-state index in [1.165, 1.54) is 25.1 Å². The third-order valence-corrected chi connectivity index (χ3v) is 4.34. The monoisotopic (exact) mass is 345 g/mol. The normalized spacial score (nSPS) is 16.9. The molecule has 0 bridgehead atoms. The van der Waals surface area contributed by atoms with E-state index in [2.05, 4.69) is 5.32 Å². The molecule has 1 aliphatic carbocycles. The molecule has 7 heteroatoms. The van der Waals surface area contributed by atoms with Crippen molar-refractivity contribution in [1.29, 1.82) is 0 Å². The molecule has 120 valence electrons. The fourth-order valence-electron chi connectivity index (χ4n) is 1.97. The number of carbonyl (C=O) groups excluding carboxylic acids is 1. The van der Waals surface area contributed by atoms with E-state index in [9.17, 15) is 14.7 Å². The molecule has 1 amide bonds. The fraction of sp³-hybridized carbons (Fsp3) is 0.467. The molecular formula is C15H17Cl2NO4. The van der Waals surface area contributed by atoms with Gasteiger partial charge in [-0.15, -0.1) is 0 Å². The van der Waals surface area contributed by atoms with Crippen LogP contribution in [0.5, 0.6) is 0 Å². The highest BCUT2D eigenvalue weighted by molar-refractivity contribution is 6.42. The topological polar surface area (TPSA) is 75.6 Å². The van der Waals surface area contributed by atoms with E-state index >= 15 is 0 Å². The van der Waals surface area contributed by atoms with Gasteiger partial charge in [-0.1, -0.05) is 29.3 Å². The highest BCUT2D eigenvalue weighted by atomic mass is 35.5. The van der Waals surface area contributed by atoms with Crippen LogP contribution in [0.2, 0.25) is 10.0 Å². The zero-order chi connectivity index (χ0) is 16.3. The van der Waals surface area contributed by atoms with Crippen molar-refractivity contribution < 1.29 is 19.4 Å². The molecule has 0 aromatic heterocycles. The Labute approximate surface area is 138 Å². The van der Waals surface area contributed by atoms with Crippen molar-refractivity contribution in [2.45, 2.75) is 25.3 Å². The minimum absolute atomic E-state index is 0.166. The first-order valence-electron chi connectivity index (χ1n) is 6.90. The Kier molecular flexibility index (Phi) is 5.32. The summed E-state index contributed by atoms with van der Waals surface area (Å²) in [5.74, 6) is -1.15. The van der Waals surface area contributed by atoms with E-state index in [-0.39, 0.29) is 11.6 Å². The van der Waals surface area contributed by atoms with Gasteiger partial charge in [0.05, 0.1) is 16.7 Å². The van der Waals surface area contributed by atoms with Crippen LogP contribution in [-0.4, -0.2) is 30.2 Å². The van der Waals surface area contributed by atoms with Crippen molar-refractivity contribution in [2.24, 2.45) is 5.92 Å². The van der Waals surface area contributed by atoms with Gasteiger partial charge in [0.15, 0.2) is 5.54 Å². The van der Waals surface area contributed by atoms with Gasteiger partial charge in [-0.3, -0.25) is 4.79 Å². The Hall–Kier alpha value is -1.30.